The maximum Gasteiger partial charge on any atom is 0.260 e. The first-order valence-electron chi connectivity index (χ1n) is 6.05. The number of halogens is 2. The van der Waals surface area contributed by atoms with E-state index in [9.17, 15) is 8.78 Å². The van der Waals surface area contributed by atoms with E-state index in [1.165, 1.54) is 0 Å². The van der Waals surface area contributed by atoms with E-state index in [1.54, 1.807) is 0 Å². The lowest BCUT2D eigenvalue weighted by Crippen LogP contribution is -1.96. The lowest BCUT2D eigenvalue weighted by molar-refractivity contribution is 0.416. The predicted octanol–water partition coefficient (Wildman–Crippen LogP) is 3.19. The molecule has 0 aliphatic carbocycles. The zero-order chi connectivity index (χ0) is 14.0. The summed E-state index contributed by atoms with van der Waals surface area (Å²) in [5.74, 6) is -0.541. The van der Waals surface area contributed by atoms with Crippen molar-refractivity contribution in [3.63, 3.8) is 0 Å². The summed E-state index contributed by atoms with van der Waals surface area (Å²) in [6, 6.07) is 1.87. The first-order valence-corrected chi connectivity index (χ1v) is 6.05. The van der Waals surface area contributed by atoms with Crippen LogP contribution in [-0.2, 0) is 6.42 Å². The fraction of sp³-hybridized carbons (Fsp3) is 0.385. The van der Waals surface area contributed by atoms with Crippen LogP contribution in [0.3, 0.4) is 0 Å². The highest BCUT2D eigenvalue weighted by Crippen LogP contribution is 2.25. The van der Waals surface area contributed by atoms with Crippen molar-refractivity contribution < 1.29 is 13.3 Å². The van der Waals surface area contributed by atoms with Gasteiger partial charge in [-0.1, -0.05) is 19.0 Å². The molecule has 0 saturated carbocycles. The van der Waals surface area contributed by atoms with Crippen LogP contribution in [-0.4, -0.2) is 10.1 Å². The maximum atomic E-state index is 13.6. The van der Waals surface area contributed by atoms with Crippen molar-refractivity contribution in [2.24, 2.45) is 5.92 Å². The summed E-state index contributed by atoms with van der Waals surface area (Å²) in [4.78, 5) is 4.09. The second kappa shape index (κ2) is 5.34. The Kier molecular flexibility index (Phi) is 3.78. The van der Waals surface area contributed by atoms with E-state index in [0.717, 1.165) is 12.5 Å². The average Bonchev–Trinajstić information content (AvgIpc) is 2.80. The molecule has 0 fully saturated rings. The molecular formula is C13H15F2N3O. The molecule has 2 rings (SSSR count). The maximum absolute atomic E-state index is 13.6. The molecule has 0 atom stereocenters. The molecule has 2 aromatic rings. The van der Waals surface area contributed by atoms with E-state index >= 15 is 0 Å². The summed E-state index contributed by atoms with van der Waals surface area (Å²) in [7, 11) is 0. The Balaban J connectivity index is 2.25. The largest absolute Gasteiger partial charge is 0.396 e. The van der Waals surface area contributed by atoms with Crippen LogP contribution >= 0.6 is 0 Å². The first kappa shape index (κ1) is 13.5. The fourth-order valence-electron chi connectivity index (χ4n) is 1.61. The van der Waals surface area contributed by atoms with Crippen molar-refractivity contribution in [1.29, 1.82) is 0 Å². The van der Waals surface area contributed by atoms with Gasteiger partial charge in [-0.15, -0.1) is 0 Å². The van der Waals surface area contributed by atoms with Crippen molar-refractivity contribution in [3.8, 4) is 11.5 Å². The van der Waals surface area contributed by atoms with E-state index in [0.29, 0.717) is 24.2 Å². The number of aryl methyl sites for hydroxylation is 1. The van der Waals surface area contributed by atoms with E-state index in [-0.39, 0.29) is 17.1 Å². The molecule has 19 heavy (non-hydrogen) atoms. The molecule has 0 spiro atoms. The Morgan fingerprint density at radius 3 is 2.68 bits per heavy atom. The lowest BCUT2D eigenvalue weighted by Gasteiger charge is -2.01. The Bertz CT molecular complexity index is 581. The molecule has 4 nitrogen and oxygen atoms in total. The van der Waals surface area contributed by atoms with Gasteiger partial charge in [0, 0.05) is 12.5 Å². The molecule has 102 valence electrons. The van der Waals surface area contributed by atoms with Crippen LogP contribution in [0.1, 0.15) is 26.1 Å². The second-order valence-electron chi connectivity index (χ2n) is 4.80. The van der Waals surface area contributed by atoms with E-state index in [2.05, 4.69) is 24.0 Å². The smallest absolute Gasteiger partial charge is 0.260 e. The third-order valence-electron chi connectivity index (χ3n) is 2.73. The zero-order valence-electron chi connectivity index (χ0n) is 10.8. The highest BCUT2D eigenvalue weighted by molar-refractivity contribution is 5.61. The van der Waals surface area contributed by atoms with Crippen molar-refractivity contribution in [2.45, 2.75) is 26.7 Å². The van der Waals surface area contributed by atoms with Gasteiger partial charge >= 0.3 is 0 Å². The van der Waals surface area contributed by atoms with Crippen molar-refractivity contribution in [3.05, 3.63) is 29.6 Å². The minimum absolute atomic E-state index is 0.0159. The van der Waals surface area contributed by atoms with E-state index < -0.39 is 11.6 Å². The van der Waals surface area contributed by atoms with Crippen LogP contribution in [0, 0.1) is 17.6 Å². The molecular weight excluding hydrogens is 252 g/mol. The topological polar surface area (TPSA) is 64.9 Å². The molecule has 0 bridgehead atoms. The van der Waals surface area contributed by atoms with Gasteiger partial charge in [0.05, 0.1) is 11.3 Å². The van der Waals surface area contributed by atoms with Gasteiger partial charge in [0.25, 0.3) is 5.89 Å². The number of nitrogens with two attached hydrogens (primary N) is 1. The van der Waals surface area contributed by atoms with Gasteiger partial charge in [-0.25, -0.2) is 8.78 Å². The summed E-state index contributed by atoms with van der Waals surface area (Å²) >= 11 is 0. The monoisotopic (exact) mass is 267 g/mol. The third kappa shape index (κ3) is 3.07. The number of anilines is 1. The van der Waals surface area contributed by atoms with Crippen molar-refractivity contribution in [1.82, 2.24) is 10.1 Å². The average molecular weight is 267 g/mol. The van der Waals surface area contributed by atoms with Crippen LogP contribution in [0.15, 0.2) is 16.7 Å². The normalized spacial score (nSPS) is 11.2. The number of nitrogen functional groups attached to an aromatic ring is 1. The van der Waals surface area contributed by atoms with Gasteiger partial charge in [-0.05, 0) is 18.4 Å². The van der Waals surface area contributed by atoms with Crippen LogP contribution in [0.25, 0.3) is 11.5 Å². The Hall–Kier alpha value is -1.98. The molecule has 0 amide bonds. The number of nitrogens with zero attached hydrogens (tertiary/aromatic N) is 2. The molecule has 2 N–H and O–H groups in total. The second-order valence-corrected chi connectivity index (χ2v) is 4.80. The molecule has 0 radical (unpaired) electrons. The summed E-state index contributed by atoms with van der Waals surface area (Å²) in [6.07, 6.45) is 1.56. The van der Waals surface area contributed by atoms with Crippen LogP contribution in [0.5, 0.6) is 0 Å². The number of hydrogen-bond donors (Lipinski definition) is 1. The van der Waals surface area contributed by atoms with Gasteiger partial charge in [0.15, 0.2) is 5.82 Å². The fourth-order valence-corrected chi connectivity index (χ4v) is 1.61. The highest BCUT2D eigenvalue weighted by Gasteiger charge is 2.16. The molecule has 0 aliphatic heterocycles. The summed E-state index contributed by atoms with van der Waals surface area (Å²) < 4.78 is 31.7. The Morgan fingerprint density at radius 1 is 1.26 bits per heavy atom. The molecule has 1 aromatic carbocycles. The quantitative estimate of drug-likeness (QED) is 0.864. The van der Waals surface area contributed by atoms with Gasteiger partial charge in [0.2, 0.25) is 0 Å². The number of aromatic nitrogens is 2. The number of hydrogen-bond acceptors (Lipinski definition) is 4. The van der Waals surface area contributed by atoms with Gasteiger partial charge in [-0.3, -0.25) is 0 Å². The number of rotatable bonds is 4. The van der Waals surface area contributed by atoms with E-state index in [4.69, 9.17) is 10.3 Å². The Labute approximate surface area is 109 Å². The molecule has 1 aromatic heterocycles. The van der Waals surface area contributed by atoms with Crippen LogP contribution in [0.4, 0.5) is 14.5 Å². The summed E-state index contributed by atoms with van der Waals surface area (Å²) in [5, 5.41) is 3.77. The van der Waals surface area contributed by atoms with Gasteiger partial charge in [0.1, 0.15) is 11.6 Å². The molecule has 0 unspecified atom stereocenters. The van der Waals surface area contributed by atoms with Gasteiger partial charge in [-0.2, -0.15) is 4.98 Å². The molecule has 0 aliphatic rings. The standard InChI is InChI=1S/C13H15F2N3O/c1-7(2)3-4-12-17-13(19-18-12)8-5-11(16)10(15)6-9(8)14/h5-7H,3-4,16H2,1-2H3. The van der Waals surface area contributed by atoms with Crippen LogP contribution < -0.4 is 5.73 Å². The minimum atomic E-state index is -0.805. The van der Waals surface area contributed by atoms with Crippen molar-refractivity contribution in [2.75, 3.05) is 5.73 Å². The molecule has 1 heterocycles. The van der Waals surface area contributed by atoms with Crippen LogP contribution in [0.2, 0.25) is 0 Å². The Morgan fingerprint density at radius 2 is 2.00 bits per heavy atom. The SMILES string of the molecule is CC(C)CCc1noc(-c2cc(N)c(F)cc2F)n1. The summed E-state index contributed by atoms with van der Waals surface area (Å²) in [5.41, 5.74) is 5.26. The molecule has 0 saturated heterocycles. The summed E-state index contributed by atoms with van der Waals surface area (Å²) in [6.45, 7) is 4.17. The number of benzene rings is 1. The van der Waals surface area contributed by atoms with E-state index in [1.807, 2.05) is 0 Å². The highest BCUT2D eigenvalue weighted by atomic mass is 19.1. The minimum Gasteiger partial charge on any atom is -0.396 e. The first-order chi connectivity index (χ1) is 8.97. The predicted molar refractivity (Wildman–Crippen MR) is 67.2 cm³/mol. The zero-order valence-corrected chi connectivity index (χ0v) is 10.8. The molecule has 6 heteroatoms. The van der Waals surface area contributed by atoms with Gasteiger partial charge < -0.3 is 10.3 Å². The third-order valence-corrected chi connectivity index (χ3v) is 2.73. The lowest BCUT2D eigenvalue weighted by atomic mass is 10.1. The van der Waals surface area contributed by atoms with Crippen molar-refractivity contribution >= 4 is 5.69 Å².